The van der Waals surface area contributed by atoms with Gasteiger partial charge in [-0.25, -0.2) is 8.42 Å². The third-order valence-corrected chi connectivity index (χ3v) is 6.20. The topological polar surface area (TPSA) is 37.4 Å². The molecular formula is C13H17NO2S. The van der Waals surface area contributed by atoms with Crippen molar-refractivity contribution in [1.29, 1.82) is 0 Å². The number of sulfone groups is 1. The van der Waals surface area contributed by atoms with E-state index in [0.29, 0.717) is 11.7 Å². The Bertz CT molecular complexity index is 497. The first-order valence-corrected chi connectivity index (χ1v) is 7.84. The van der Waals surface area contributed by atoms with E-state index in [1.54, 1.807) is 0 Å². The Morgan fingerprint density at radius 1 is 1.18 bits per heavy atom. The lowest BCUT2D eigenvalue weighted by atomic mass is 10.1. The van der Waals surface area contributed by atoms with Gasteiger partial charge < -0.3 is 0 Å². The average molecular weight is 251 g/mol. The zero-order chi connectivity index (χ0) is 11.9. The second-order valence-corrected chi connectivity index (χ2v) is 7.47. The summed E-state index contributed by atoms with van der Waals surface area (Å²) in [5, 5.41) is -0.0915. The minimum atomic E-state index is -2.79. The summed E-state index contributed by atoms with van der Waals surface area (Å²) in [4.78, 5) is 2.28. The number of hydrogen-bond donors (Lipinski definition) is 0. The molecule has 2 aliphatic heterocycles. The van der Waals surface area contributed by atoms with Gasteiger partial charge in [0.1, 0.15) is 0 Å². The molecule has 4 heteroatoms. The Hall–Kier alpha value is -0.870. The molecule has 92 valence electrons. The van der Waals surface area contributed by atoms with Crippen LogP contribution in [0.4, 0.5) is 0 Å². The van der Waals surface area contributed by atoms with E-state index < -0.39 is 9.84 Å². The van der Waals surface area contributed by atoms with Gasteiger partial charge in [-0.2, -0.15) is 0 Å². The number of benzene rings is 1. The van der Waals surface area contributed by atoms with Crippen LogP contribution in [-0.4, -0.2) is 37.4 Å². The summed E-state index contributed by atoms with van der Waals surface area (Å²) in [6.45, 7) is 2.55. The summed E-state index contributed by atoms with van der Waals surface area (Å²) >= 11 is 0. The number of nitrogens with zero attached hydrogens (tertiary/aromatic N) is 1. The summed E-state index contributed by atoms with van der Waals surface area (Å²) in [5.41, 5.74) is 1.27. The zero-order valence-electron chi connectivity index (χ0n) is 9.75. The van der Waals surface area contributed by atoms with Gasteiger partial charge in [0, 0.05) is 19.6 Å². The minimum Gasteiger partial charge on any atom is -0.297 e. The third kappa shape index (κ3) is 2.11. The molecule has 0 radical (unpaired) electrons. The smallest absolute Gasteiger partial charge is 0.154 e. The molecule has 0 spiro atoms. The Morgan fingerprint density at radius 3 is 2.65 bits per heavy atom. The molecule has 2 aliphatic rings. The normalized spacial score (nSPS) is 31.5. The quantitative estimate of drug-likeness (QED) is 0.795. The molecule has 2 fully saturated rings. The van der Waals surface area contributed by atoms with Crippen molar-refractivity contribution in [2.45, 2.75) is 18.2 Å². The highest BCUT2D eigenvalue weighted by atomic mass is 32.2. The maximum absolute atomic E-state index is 11.8. The van der Waals surface area contributed by atoms with Gasteiger partial charge in [0.2, 0.25) is 0 Å². The molecular weight excluding hydrogens is 234 g/mol. The molecule has 3 nitrogen and oxygen atoms in total. The molecule has 0 aromatic heterocycles. The molecule has 0 aliphatic carbocycles. The zero-order valence-corrected chi connectivity index (χ0v) is 10.6. The summed E-state index contributed by atoms with van der Waals surface area (Å²) < 4.78 is 23.6. The maximum atomic E-state index is 11.8. The van der Waals surface area contributed by atoms with E-state index in [-0.39, 0.29) is 5.25 Å². The standard InChI is InChI=1S/C13H17NO2S/c15-17(16)7-6-12-9-14(10-13(12)17)8-11-4-2-1-3-5-11/h1-5,12-13H,6-10H2/t12-,13+/m0/s1. The van der Waals surface area contributed by atoms with Crippen molar-refractivity contribution in [2.75, 3.05) is 18.8 Å². The summed E-state index contributed by atoms with van der Waals surface area (Å²) in [6.07, 6.45) is 0.859. The molecule has 0 amide bonds. The van der Waals surface area contributed by atoms with Crippen molar-refractivity contribution in [3.8, 4) is 0 Å². The van der Waals surface area contributed by atoms with Crippen LogP contribution in [0.1, 0.15) is 12.0 Å². The summed E-state index contributed by atoms with van der Waals surface area (Å²) in [7, 11) is -2.79. The average Bonchev–Trinajstić information content (AvgIpc) is 2.82. The van der Waals surface area contributed by atoms with Gasteiger partial charge in [0.15, 0.2) is 9.84 Å². The van der Waals surface area contributed by atoms with Crippen LogP contribution in [0.3, 0.4) is 0 Å². The van der Waals surface area contributed by atoms with E-state index in [1.807, 2.05) is 18.2 Å². The van der Waals surface area contributed by atoms with Crippen LogP contribution >= 0.6 is 0 Å². The fourth-order valence-electron chi connectivity index (χ4n) is 3.05. The Balaban J connectivity index is 1.70. The predicted molar refractivity (Wildman–Crippen MR) is 67.4 cm³/mol. The van der Waals surface area contributed by atoms with Crippen molar-refractivity contribution in [1.82, 2.24) is 4.90 Å². The van der Waals surface area contributed by atoms with Crippen LogP contribution in [0.5, 0.6) is 0 Å². The highest BCUT2D eigenvalue weighted by Gasteiger charge is 2.45. The second-order valence-electron chi connectivity index (χ2n) is 5.13. The number of fused-ring (bicyclic) bond motifs is 1. The van der Waals surface area contributed by atoms with Crippen LogP contribution in [0.2, 0.25) is 0 Å². The van der Waals surface area contributed by atoms with Gasteiger partial charge in [-0.15, -0.1) is 0 Å². The predicted octanol–water partition coefficient (Wildman–Crippen LogP) is 1.31. The number of rotatable bonds is 2. The fourth-order valence-corrected chi connectivity index (χ4v) is 5.23. The van der Waals surface area contributed by atoms with Gasteiger partial charge >= 0.3 is 0 Å². The number of likely N-dealkylation sites (tertiary alicyclic amines) is 1. The van der Waals surface area contributed by atoms with E-state index >= 15 is 0 Å². The van der Waals surface area contributed by atoms with E-state index in [2.05, 4.69) is 17.0 Å². The molecule has 2 atom stereocenters. The largest absolute Gasteiger partial charge is 0.297 e. The van der Waals surface area contributed by atoms with Gasteiger partial charge in [0.25, 0.3) is 0 Å². The van der Waals surface area contributed by atoms with Crippen LogP contribution in [-0.2, 0) is 16.4 Å². The highest BCUT2D eigenvalue weighted by molar-refractivity contribution is 7.92. The van der Waals surface area contributed by atoms with Crippen LogP contribution < -0.4 is 0 Å². The van der Waals surface area contributed by atoms with Gasteiger partial charge in [-0.3, -0.25) is 4.90 Å². The van der Waals surface area contributed by atoms with Crippen molar-refractivity contribution in [2.24, 2.45) is 5.92 Å². The molecule has 0 saturated carbocycles. The van der Waals surface area contributed by atoms with E-state index in [4.69, 9.17) is 0 Å². The molecule has 2 saturated heterocycles. The first kappa shape index (κ1) is 11.2. The van der Waals surface area contributed by atoms with Gasteiger partial charge in [-0.1, -0.05) is 30.3 Å². The molecule has 2 heterocycles. The molecule has 0 N–H and O–H groups in total. The van der Waals surface area contributed by atoms with Crippen LogP contribution in [0, 0.1) is 5.92 Å². The molecule has 3 rings (SSSR count). The first-order chi connectivity index (χ1) is 8.15. The lowest BCUT2D eigenvalue weighted by molar-refractivity contribution is 0.314. The Kier molecular flexibility index (Phi) is 2.71. The monoisotopic (exact) mass is 251 g/mol. The Morgan fingerprint density at radius 2 is 1.94 bits per heavy atom. The van der Waals surface area contributed by atoms with Crippen LogP contribution in [0.25, 0.3) is 0 Å². The summed E-state index contributed by atoms with van der Waals surface area (Å²) in [6, 6.07) is 10.3. The third-order valence-electron chi connectivity index (χ3n) is 3.94. The maximum Gasteiger partial charge on any atom is 0.154 e. The number of hydrogen-bond acceptors (Lipinski definition) is 3. The molecule has 1 aromatic rings. The lowest BCUT2D eigenvalue weighted by Crippen LogP contribution is -2.26. The van der Waals surface area contributed by atoms with Crippen molar-refractivity contribution >= 4 is 9.84 Å². The van der Waals surface area contributed by atoms with E-state index in [0.717, 1.165) is 26.1 Å². The van der Waals surface area contributed by atoms with Crippen molar-refractivity contribution in [3.05, 3.63) is 35.9 Å². The lowest BCUT2D eigenvalue weighted by Gasteiger charge is -2.16. The van der Waals surface area contributed by atoms with Gasteiger partial charge in [-0.05, 0) is 17.9 Å². The summed E-state index contributed by atoms with van der Waals surface area (Å²) in [5.74, 6) is 0.783. The molecule has 17 heavy (non-hydrogen) atoms. The highest BCUT2D eigenvalue weighted by Crippen LogP contribution is 2.34. The minimum absolute atomic E-state index is 0.0915. The Labute approximate surface area is 102 Å². The van der Waals surface area contributed by atoms with E-state index in [1.165, 1.54) is 5.56 Å². The first-order valence-electron chi connectivity index (χ1n) is 6.13. The van der Waals surface area contributed by atoms with Gasteiger partial charge in [0.05, 0.1) is 11.0 Å². The van der Waals surface area contributed by atoms with E-state index in [9.17, 15) is 8.42 Å². The molecule has 0 bridgehead atoms. The SMILES string of the molecule is O=S1(=O)CC[C@H]2CN(Cc3ccccc3)C[C@H]21. The second kappa shape index (κ2) is 4.10. The van der Waals surface area contributed by atoms with Crippen molar-refractivity contribution in [3.63, 3.8) is 0 Å². The molecule has 0 unspecified atom stereocenters. The fraction of sp³-hybridized carbons (Fsp3) is 0.538. The van der Waals surface area contributed by atoms with Crippen molar-refractivity contribution < 1.29 is 8.42 Å². The molecule has 1 aromatic carbocycles. The van der Waals surface area contributed by atoms with Crippen LogP contribution in [0.15, 0.2) is 30.3 Å².